The predicted octanol–water partition coefficient (Wildman–Crippen LogP) is -4.35. The molecule has 0 aromatic heterocycles. The Bertz CT molecular complexity index is 563. The Labute approximate surface area is 262 Å². The summed E-state index contributed by atoms with van der Waals surface area (Å²) in [5, 5.41) is 30.8. The molecule has 0 aliphatic rings. The topological polar surface area (TPSA) is 124 Å². The number of aliphatic carboxylic acids is 2. The molecule has 0 saturated carbocycles. The maximum Gasteiger partial charge on any atom is 1.00 e. The molecule has 0 aliphatic heterocycles. The second kappa shape index (κ2) is 29.6. The van der Waals surface area contributed by atoms with E-state index >= 15 is 0 Å². The van der Waals surface area contributed by atoms with E-state index in [0.717, 1.165) is 43.4 Å². The summed E-state index contributed by atoms with van der Waals surface area (Å²) in [6.07, 6.45) is 20.3. The number of unbranched alkanes of at least 4 members (excludes halogenated alkanes) is 11. The smallest absolute Gasteiger partial charge is 0.549 e. The van der Waals surface area contributed by atoms with Crippen molar-refractivity contribution in [2.45, 2.75) is 96.8 Å². The van der Waals surface area contributed by atoms with Gasteiger partial charge in [0.25, 0.3) is 0 Å². The van der Waals surface area contributed by atoms with Gasteiger partial charge < -0.3 is 29.8 Å². The number of aliphatic hydroxyl groups excluding tert-OH is 1. The molecule has 0 radical (unpaired) electrons. The number of amides is 1. The SMILES string of the molecule is CCCCCCCCC=CCCCCCCCC(=O)N(CCO)CCN(CC(=O)[O-])CC(=O)[O-].[Na+].[Na+]. The number of hydrogen-bond donors (Lipinski definition) is 1. The van der Waals surface area contributed by atoms with E-state index in [1.807, 2.05) is 0 Å². The Morgan fingerprint density at radius 2 is 1.17 bits per heavy atom. The summed E-state index contributed by atoms with van der Waals surface area (Å²) < 4.78 is 0. The van der Waals surface area contributed by atoms with Crippen LogP contribution in [0.5, 0.6) is 0 Å². The van der Waals surface area contributed by atoms with Crippen molar-refractivity contribution in [1.82, 2.24) is 9.80 Å². The van der Waals surface area contributed by atoms with Gasteiger partial charge in [0.1, 0.15) is 0 Å². The van der Waals surface area contributed by atoms with Gasteiger partial charge in [-0.2, -0.15) is 0 Å². The first-order valence-electron chi connectivity index (χ1n) is 13.1. The second-order valence-electron chi connectivity index (χ2n) is 8.89. The molecule has 0 saturated heterocycles. The van der Waals surface area contributed by atoms with Crippen LogP contribution in [-0.4, -0.2) is 72.1 Å². The summed E-state index contributed by atoms with van der Waals surface area (Å²) in [6.45, 7) is 1.26. The summed E-state index contributed by atoms with van der Waals surface area (Å²) in [4.78, 5) is 36.6. The van der Waals surface area contributed by atoms with Gasteiger partial charge in [-0.25, -0.2) is 0 Å². The minimum atomic E-state index is -1.39. The zero-order valence-electron chi connectivity index (χ0n) is 23.2. The van der Waals surface area contributed by atoms with Gasteiger partial charge in [0, 0.05) is 39.1 Å². The van der Waals surface area contributed by atoms with Crippen LogP contribution in [0.4, 0.5) is 0 Å². The number of carboxylic acids is 2. The van der Waals surface area contributed by atoms with Crippen LogP contribution >= 0.6 is 0 Å². The quantitative estimate of drug-likeness (QED) is 0.0763. The third-order valence-electron chi connectivity index (χ3n) is 5.77. The number of hydrogen-bond acceptors (Lipinski definition) is 7. The van der Waals surface area contributed by atoms with E-state index in [0.29, 0.717) is 6.42 Å². The minimum absolute atomic E-state index is 0. The number of rotatable bonds is 24. The van der Waals surface area contributed by atoms with Crippen LogP contribution in [0.15, 0.2) is 12.2 Å². The van der Waals surface area contributed by atoms with Crippen LogP contribution in [0.3, 0.4) is 0 Å². The van der Waals surface area contributed by atoms with E-state index in [9.17, 15) is 29.7 Å². The van der Waals surface area contributed by atoms with E-state index in [1.165, 1.54) is 49.8 Å². The van der Waals surface area contributed by atoms with Crippen LogP contribution < -0.4 is 69.3 Å². The number of carboxylic acid groups (broad SMARTS) is 2. The predicted molar refractivity (Wildman–Crippen MR) is 130 cm³/mol. The molecule has 1 amide bonds. The van der Waals surface area contributed by atoms with Crippen LogP contribution in [0, 0.1) is 0 Å². The van der Waals surface area contributed by atoms with Crippen LogP contribution in [0.2, 0.25) is 0 Å². The number of carbonyl (C=O) groups excluding carboxylic acids is 3. The van der Waals surface area contributed by atoms with Crippen molar-refractivity contribution in [1.29, 1.82) is 0 Å². The molecular formula is C26H46N2Na2O6. The summed E-state index contributed by atoms with van der Waals surface area (Å²) >= 11 is 0. The van der Waals surface area contributed by atoms with E-state index in [2.05, 4.69) is 19.1 Å². The largest absolute Gasteiger partial charge is 1.00 e. The average Bonchev–Trinajstić information content (AvgIpc) is 2.78. The van der Waals surface area contributed by atoms with Crippen molar-refractivity contribution < 1.29 is 88.8 Å². The Balaban J connectivity index is -0.00000544. The van der Waals surface area contributed by atoms with Gasteiger partial charge in [0.2, 0.25) is 5.91 Å². The van der Waals surface area contributed by atoms with Crippen molar-refractivity contribution in [2.24, 2.45) is 0 Å². The number of carbonyl (C=O) groups is 3. The molecule has 0 fully saturated rings. The second-order valence-corrected chi connectivity index (χ2v) is 8.89. The molecule has 10 heteroatoms. The zero-order valence-corrected chi connectivity index (χ0v) is 27.2. The van der Waals surface area contributed by atoms with Crippen LogP contribution in [0.25, 0.3) is 0 Å². The Morgan fingerprint density at radius 3 is 1.64 bits per heavy atom. The Morgan fingerprint density at radius 1 is 0.694 bits per heavy atom. The first-order valence-corrected chi connectivity index (χ1v) is 13.1. The van der Waals surface area contributed by atoms with Crippen molar-refractivity contribution in [3.8, 4) is 0 Å². The summed E-state index contributed by atoms with van der Waals surface area (Å²) in [5.74, 6) is -2.90. The van der Waals surface area contributed by atoms with E-state index in [-0.39, 0.29) is 91.3 Å². The average molecular weight is 529 g/mol. The van der Waals surface area contributed by atoms with Gasteiger partial charge in [-0.15, -0.1) is 0 Å². The molecule has 198 valence electrons. The van der Waals surface area contributed by atoms with Gasteiger partial charge in [0.15, 0.2) is 0 Å². The molecule has 0 unspecified atom stereocenters. The van der Waals surface area contributed by atoms with Crippen molar-refractivity contribution in [3.63, 3.8) is 0 Å². The first-order chi connectivity index (χ1) is 16.4. The number of aliphatic hydroxyl groups is 1. The number of nitrogens with zero attached hydrogens (tertiary/aromatic N) is 2. The normalized spacial score (nSPS) is 10.8. The summed E-state index contributed by atoms with van der Waals surface area (Å²) in [7, 11) is 0. The Hall–Kier alpha value is 0.0700. The molecule has 0 bridgehead atoms. The first kappa shape index (κ1) is 40.6. The molecule has 8 nitrogen and oxygen atoms in total. The van der Waals surface area contributed by atoms with Crippen LogP contribution in [-0.2, 0) is 14.4 Å². The maximum absolute atomic E-state index is 12.5. The molecule has 0 spiro atoms. The standard InChI is InChI=1S/C26H48N2O6.2Na/c1-2-3-4-5-6-7-8-9-10-11-12-13-14-15-16-17-24(30)28(20-21-29)19-18-27(22-25(31)32)23-26(33)34;;/h9-10,29H,2-8,11-23H2,1H3,(H,31,32)(H,33,34);;/q;2*+1/p-2. The fourth-order valence-electron chi connectivity index (χ4n) is 3.83. The van der Waals surface area contributed by atoms with Crippen molar-refractivity contribution in [2.75, 3.05) is 39.3 Å². The van der Waals surface area contributed by atoms with Gasteiger partial charge in [0.05, 0.1) is 18.5 Å². The fraction of sp³-hybridized carbons (Fsp3) is 0.808. The van der Waals surface area contributed by atoms with Gasteiger partial charge >= 0.3 is 59.1 Å². The third kappa shape index (κ3) is 27.1. The minimum Gasteiger partial charge on any atom is -0.549 e. The number of allylic oxidation sites excluding steroid dienone is 2. The van der Waals surface area contributed by atoms with Crippen molar-refractivity contribution >= 4 is 17.8 Å². The maximum atomic E-state index is 12.5. The van der Waals surface area contributed by atoms with Gasteiger partial charge in [-0.3, -0.25) is 9.69 Å². The van der Waals surface area contributed by atoms with E-state index in [4.69, 9.17) is 0 Å². The molecule has 36 heavy (non-hydrogen) atoms. The third-order valence-corrected chi connectivity index (χ3v) is 5.77. The molecule has 0 aromatic rings. The molecule has 0 aromatic carbocycles. The monoisotopic (exact) mass is 528 g/mol. The van der Waals surface area contributed by atoms with E-state index in [1.54, 1.807) is 0 Å². The fourth-order valence-corrected chi connectivity index (χ4v) is 3.83. The molecule has 0 rings (SSSR count). The molecule has 1 N–H and O–H groups in total. The zero-order chi connectivity index (χ0) is 25.4. The van der Waals surface area contributed by atoms with Crippen molar-refractivity contribution in [3.05, 3.63) is 12.2 Å². The molecule has 0 atom stereocenters. The molecule has 0 heterocycles. The van der Waals surface area contributed by atoms with Crippen LogP contribution in [0.1, 0.15) is 96.8 Å². The summed E-state index contributed by atoms with van der Waals surface area (Å²) in [5.41, 5.74) is 0. The van der Waals surface area contributed by atoms with Gasteiger partial charge in [-0.1, -0.05) is 70.4 Å². The molecule has 0 aliphatic carbocycles. The van der Waals surface area contributed by atoms with Gasteiger partial charge in [-0.05, 0) is 32.1 Å². The summed E-state index contributed by atoms with van der Waals surface area (Å²) in [6, 6.07) is 0. The molecular weight excluding hydrogens is 482 g/mol. The van der Waals surface area contributed by atoms with E-state index < -0.39 is 25.0 Å². The Kier molecular flexibility index (Phi) is 33.4.